The van der Waals surface area contributed by atoms with Gasteiger partial charge in [0.2, 0.25) is 0 Å². The summed E-state index contributed by atoms with van der Waals surface area (Å²) in [6.45, 7) is 0. The number of nitrogens with two attached hydrogens (primary N) is 1. The summed E-state index contributed by atoms with van der Waals surface area (Å²) in [5, 5.41) is 1.83. The molecule has 0 amide bonds. The second-order valence-electron chi connectivity index (χ2n) is 2.34. The van der Waals surface area contributed by atoms with Gasteiger partial charge in [0.1, 0.15) is 0 Å². The van der Waals surface area contributed by atoms with Crippen molar-refractivity contribution in [3.05, 3.63) is 17.1 Å². The van der Waals surface area contributed by atoms with Crippen LogP contribution < -0.4 is 5.73 Å². The summed E-state index contributed by atoms with van der Waals surface area (Å²) in [4.78, 5) is 10.8. The van der Waals surface area contributed by atoms with Gasteiger partial charge in [-0.3, -0.25) is 4.79 Å². The molecule has 1 heterocycles. The van der Waals surface area contributed by atoms with E-state index in [1.165, 1.54) is 18.6 Å². The zero-order valence-electron chi connectivity index (χ0n) is 6.69. The van der Waals surface area contributed by atoms with Gasteiger partial charge in [-0.1, -0.05) is 0 Å². The number of methoxy groups -OCH3 is 1. The Hall–Kier alpha value is -0.940. The Bertz CT molecular complexity index is 248. The minimum absolute atomic E-state index is 0.203. The highest BCUT2D eigenvalue weighted by Gasteiger charge is 2.12. The van der Waals surface area contributed by atoms with Crippen LogP contribution in [0.3, 0.4) is 0 Å². The van der Waals surface area contributed by atoms with E-state index in [2.05, 4.69) is 9.11 Å². The molecule has 0 aromatic carbocycles. The van der Waals surface area contributed by atoms with Crippen LogP contribution in [0.25, 0.3) is 0 Å². The fourth-order valence-electron chi connectivity index (χ4n) is 0.777. The van der Waals surface area contributed by atoms with E-state index in [9.17, 15) is 4.79 Å². The van der Waals surface area contributed by atoms with Crippen LogP contribution in [0, 0.1) is 0 Å². The quantitative estimate of drug-likeness (QED) is 0.706. The van der Waals surface area contributed by atoms with E-state index in [0.717, 1.165) is 5.56 Å². The number of ether oxygens (including phenoxy) is 1. The number of esters is 1. The molecule has 0 bridgehead atoms. The highest BCUT2D eigenvalue weighted by Crippen LogP contribution is 2.14. The average molecular weight is 186 g/mol. The van der Waals surface area contributed by atoms with Crippen molar-refractivity contribution in [3.8, 4) is 0 Å². The number of nitrogens with zero attached hydrogens (tertiary/aromatic N) is 1. The molecule has 1 atom stereocenters. The van der Waals surface area contributed by atoms with Crippen LogP contribution in [0.2, 0.25) is 0 Å². The van der Waals surface area contributed by atoms with Crippen molar-refractivity contribution in [2.45, 2.75) is 12.5 Å². The van der Waals surface area contributed by atoms with Gasteiger partial charge in [-0.2, -0.15) is 0 Å². The van der Waals surface area contributed by atoms with Crippen molar-refractivity contribution in [1.82, 2.24) is 4.37 Å². The number of hydrogen-bond donors (Lipinski definition) is 1. The van der Waals surface area contributed by atoms with Crippen molar-refractivity contribution >= 4 is 17.5 Å². The third kappa shape index (κ3) is 2.28. The predicted molar refractivity (Wildman–Crippen MR) is 45.7 cm³/mol. The Balaban J connectivity index is 2.49. The lowest BCUT2D eigenvalue weighted by Gasteiger charge is -2.06. The van der Waals surface area contributed by atoms with Crippen molar-refractivity contribution in [3.63, 3.8) is 0 Å². The Labute approximate surface area is 74.5 Å². The van der Waals surface area contributed by atoms with Gasteiger partial charge in [0.25, 0.3) is 0 Å². The first-order valence-corrected chi connectivity index (χ1v) is 4.29. The second kappa shape index (κ2) is 4.18. The molecule has 12 heavy (non-hydrogen) atoms. The first-order valence-electron chi connectivity index (χ1n) is 3.45. The normalized spacial score (nSPS) is 12.5. The summed E-state index contributed by atoms with van der Waals surface area (Å²) in [6, 6.07) is -0.295. The largest absolute Gasteiger partial charge is 0.469 e. The topological polar surface area (TPSA) is 65.2 Å². The van der Waals surface area contributed by atoms with Crippen LogP contribution in [0.4, 0.5) is 0 Å². The molecule has 0 saturated heterocycles. The van der Waals surface area contributed by atoms with Crippen molar-refractivity contribution in [2.75, 3.05) is 7.11 Å². The van der Waals surface area contributed by atoms with Crippen LogP contribution in [-0.2, 0) is 9.53 Å². The van der Waals surface area contributed by atoms with Crippen LogP contribution in [0.5, 0.6) is 0 Å². The van der Waals surface area contributed by atoms with E-state index < -0.39 is 0 Å². The van der Waals surface area contributed by atoms with Crippen LogP contribution >= 0.6 is 11.5 Å². The lowest BCUT2D eigenvalue weighted by molar-refractivity contribution is -0.141. The van der Waals surface area contributed by atoms with Gasteiger partial charge in [0.15, 0.2) is 0 Å². The SMILES string of the molecule is COC(=O)C[C@H](N)c1cnsc1. The molecule has 4 nitrogen and oxygen atoms in total. The van der Waals surface area contributed by atoms with Crippen molar-refractivity contribution < 1.29 is 9.53 Å². The van der Waals surface area contributed by atoms with Crippen LogP contribution in [0.1, 0.15) is 18.0 Å². The van der Waals surface area contributed by atoms with Gasteiger partial charge >= 0.3 is 5.97 Å². The number of aromatic nitrogens is 1. The molecule has 0 fully saturated rings. The lowest BCUT2D eigenvalue weighted by atomic mass is 10.1. The first-order chi connectivity index (χ1) is 5.74. The zero-order chi connectivity index (χ0) is 8.97. The second-order valence-corrected chi connectivity index (χ2v) is 3.00. The maximum absolute atomic E-state index is 10.8. The summed E-state index contributed by atoms with van der Waals surface area (Å²) >= 11 is 1.32. The molecule has 0 aliphatic carbocycles. The molecule has 5 heteroatoms. The number of carbonyl (C=O) groups excluding carboxylic acids is 1. The molecule has 1 aromatic heterocycles. The molecule has 0 radical (unpaired) electrons. The number of hydrogen-bond acceptors (Lipinski definition) is 5. The molecule has 2 N–H and O–H groups in total. The monoisotopic (exact) mass is 186 g/mol. The van der Waals surface area contributed by atoms with Gasteiger partial charge in [0, 0.05) is 23.2 Å². The minimum Gasteiger partial charge on any atom is -0.469 e. The lowest BCUT2D eigenvalue weighted by Crippen LogP contribution is -2.15. The number of carbonyl (C=O) groups is 1. The molecule has 1 aromatic rings. The van der Waals surface area contributed by atoms with Crippen molar-refractivity contribution in [2.24, 2.45) is 5.73 Å². The minimum atomic E-state index is -0.297. The Kier molecular flexibility index (Phi) is 3.19. The number of rotatable bonds is 3. The molecule has 0 aliphatic rings. The molecule has 0 spiro atoms. The van der Waals surface area contributed by atoms with E-state index in [0.29, 0.717) is 0 Å². The maximum Gasteiger partial charge on any atom is 0.307 e. The average Bonchev–Trinajstić information content (AvgIpc) is 2.56. The Morgan fingerprint density at radius 3 is 3.17 bits per heavy atom. The zero-order valence-corrected chi connectivity index (χ0v) is 7.50. The molecule has 1 rings (SSSR count). The Morgan fingerprint density at radius 2 is 2.67 bits per heavy atom. The third-order valence-electron chi connectivity index (χ3n) is 1.49. The van der Waals surface area contributed by atoms with E-state index in [1.54, 1.807) is 6.20 Å². The molecule has 0 unspecified atom stereocenters. The van der Waals surface area contributed by atoms with Gasteiger partial charge in [-0.25, -0.2) is 4.37 Å². The van der Waals surface area contributed by atoms with E-state index in [1.807, 2.05) is 5.38 Å². The van der Waals surface area contributed by atoms with Gasteiger partial charge in [0.05, 0.1) is 13.5 Å². The summed E-state index contributed by atoms with van der Waals surface area (Å²) in [6.07, 6.45) is 1.87. The van der Waals surface area contributed by atoms with E-state index in [-0.39, 0.29) is 18.4 Å². The Morgan fingerprint density at radius 1 is 1.92 bits per heavy atom. The first kappa shape index (κ1) is 9.15. The molecule has 0 saturated carbocycles. The standard InChI is InChI=1S/C7H10N2O2S/c1-11-7(10)2-6(8)5-3-9-12-4-5/h3-4,6H,2,8H2,1H3/t6-/m0/s1. The van der Waals surface area contributed by atoms with Crippen LogP contribution in [0.15, 0.2) is 11.6 Å². The summed E-state index contributed by atoms with van der Waals surface area (Å²) in [7, 11) is 1.35. The van der Waals surface area contributed by atoms with Gasteiger partial charge < -0.3 is 10.5 Å². The van der Waals surface area contributed by atoms with Crippen LogP contribution in [-0.4, -0.2) is 17.5 Å². The highest BCUT2D eigenvalue weighted by molar-refractivity contribution is 7.03. The van der Waals surface area contributed by atoms with Gasteiger partial charge in [-0.05, 0) is 11.5 Å². The fraction of sp³-hybridized carbons (Fsp3) is 0.429. The molecule has 0 aliphatic heterocycles. The van der Waals surface area contributed by atoms with E-state index >= 15 is 0 Å². The predicted octanol–water partition coefficient (Wildman–Crippen LogP) is 0.706. The highest BCUT2D eigenvalue weighted by atomic mass is 32.1. The molecule has 66 valence electrons. The maximum atomic E-state index is 10.8. The third-order valence-corrected chi connectivity index (χ3v) is 2.10. The molecular weight excluding hydrogens is 176 g/mol. The van der Waals surface area contributed by atoms with Gasteiger partial charge in [-0.15, -0.1) is 0 Å². The molecular formula is C7H10N2O2S. The van der Waals surface area contributed by atoms with Crippen molar-refractivity contribution in [1.29, 1.82) is 0 Å². The summed E-state index contributed by atoms with van der Waals surface area (Å²) in [5.74, 6) is -0.297. The smallest absolute Gasteiger partial charge is 0.307 e. The van der Waals surface area contributed by atoms with E-state index in [4.69, 9.17) is 5.73 Å². The summed E-state index contributed by atoms with van der Waals surface area (Å²) < 4.78 is 8.37. The fourth-order valence-corrected chi connectivity index (χ4v) is 1.38. The summed E-state index contributed by atoms with van der Waals surface area (Å²) in [5.41, 5.74) is 6.56.